The second kappa shape index (κ2) is 5.40. The predicted octanol–water partition coefficient (Wildman–Crippen LogP) is 2.69. The van der Waals surface area contributed by atoms with Gasteiger partial charge in [-0.15, -0.1) is 0 Å². The van der Waals surface area contributed by atoms with Crippen LogP contribution in [0.2, 0.25) is 0 Å². The Morgan fingerprint density at radius 1 is 1.32 bits per heavy atom. The highest BCUT2D eigenvalue weighted by Gasteiger charge is 2.46. The molecule has 3 rings (SSSR count). The molecule has 4 atom stereocenters. The molecule has 1 aromatic carbocycles. The third-order valence-electron chi connectivity index (χ3n) is 4.45. The van der Waals surface area contributed by atoms with Crippen LogP contribution in [-0.2, 0) is 9.53 Å². The van der Waals surface area contributed by atoms with Crippen LogP contribution in [-0.4, -0.2) is 25.2 Å². The molecule has 2 saturated heterocycles. The van der Waals surface area contributed by atoms with E-state index in [0.717, 1.165) is 12.8 Å². The van der Waals surface area contributed by atoms with Gasteiger partial charge in [0, 0.05) is 21.6 Å². The molecule has 1 N–H and O–H groups in total. The van der Waals surface area contributed by atoms with Crippen LogP contribution in [0.1, 0.15) is 30.7 Å². The lowest BCUT2D eigenvalue weighted by molar-refractivity contribution is -0.148. The molecular weight excluding hydrogens is 353 g/mol. The van der Waals surface area contributed by atoms with E-state index in [1.165, 1.54) is 22.7 Å². The molecule has 0 aromatic heterocycles. The third kappa shape index (κ3) is 2.52. The van der Waals surface area contributed by atoms with E-state index in [0.29, 0.717) is 12.0 Å². The molecule has 0 radical (unpaired) electrons. The molecule has 0 spiro atoms. The summed E-state index contributed by atoms with van der Waals surface area (Å²) in [5, 5.41) is 3.56. The first kappa shape index (κ1) is 13.4. The molecule has 0 saturated carbocycles. The number of ether oxygens (including phenoxy) is 1. The summed E-state index contributed by atoms with van der Waals surface area (Å²) < 4.78 is 6.26. The Morgan fingerprint density at radius 3 is 2.74 bits per heavy atom. The standard InChI is InChI=1S/C15H18INO2/c1-19-15(18)14-12(8-11-6-7-13(14)17-11)9-2-4-10(16)5-3-9/h2-5,11-14,17H,6-8H2,1H3/t11-,12-,13?,14?/m1/s1. The number of carbonyl (C=O) groups is 1. The molecule has 2 fully saturated rings. The molecule has 2 heterocycles. The number of rotatable bonds is 2. The molecular formula is C15H18INO2. The van der Waals surface area contributed by atoms with Crippen molar-refractivity contribution in [1.82, 2.24) is 5.32 Å². The molecule has 3 nitrogen and oxygen atoms in total. The average Bonchev–Trinajstić information content (AvgIpc) is 2.80. The molecule has 102 valence electrons. The van der Waals surface area contributed by atoms with Crippen LogP contribution in [0.25, 0.3) is 0 Å². The first-order valence-corrected chi connectivity index (χ1v) is 7.86. The zero-order chi connectivity index (χ0) is 13.4. The van der Waals surface area contributed by atoms with Gasteiger partial charge in [-0.1, -0.05) is 12.1 Å². The molecule has 2 aliphatic heterocycles. The number of nitrogens with one attached hydrogen (secondary N) is 1. The Kier molecular flexibility index (Phi) is 3.80. The fourth-order valence-electron chi connectivity index (χ4n) is 3.57. The minimum Gasteiger partial charge on any atom is -0.469 e. The summed E-state index contributed by atoms with van der Waals surface area (Å²) in [4.78, 5) is 12.1. The van der Waals surface area contributed by atoms with Crippen LogP contribution in [0.15, 0.2) is 24.3 Å². The van der Waals surface area contributed by atoms with Crippen LogP contribution < -0.4 is 5.32 Å². The van der Waals surface area contributed by atoms with Crippen LogP contribution in [0.4, 0.5) is 0 Å². The zero-order valence-corrected chi connectivity index (χ0v) is 13.1. The van der Waals surface area contributed by atoms with Crippen molar-refractivity contribution in [3.8, 4) is 0 Å². The Morgan fingerprint density at radius 2 is 2.05 bits per heavy atom. The van der Waals surface area contributed by atoms with Crippen molar-refractivity contribution < 1.29 is 9.53 Å². The first-order valence-electron chi connectivity index (χ1n) is 6.78. The average molecular weight is 371 g/mol. The number of fused-ring (bicyclic) bond motifs is 2. The van der Waals surface area contributed by atoms with Crippen molar-refractivity contribution >= 4 is 28.6 Å². The number of piperidine rings is 1. The lowest BCUT2D eigenvalue weighted by Crippen LogP contribution is -2.48. The van der Waals surface area contributed by atoms with Crippen molar-refractivity contribution in [2.24, 2.45) is 5.92 Å². The van der Waals surface area contributed by atoms with Gasteiger partial charge < -0.3 is 10.1 Å². The molecule has 2 aliphatic rings. The van der Waals surface area contributed by atoms with Gasteiger partial charge in [-0.2, -0.15) is 0 Å². The monoisotopic (exact) mass is 371 g/mol. The lowest BCUT2D eigenvalue weighted by atomic mass is 9.77. The smallest absolute Gasteiger partial charge is 0.310 e. The lowest BCUT2D eigenvalue weighted by Gasteiger charge is -2.36. The van der Waals surface area contributed by atoms with Crippen LogP contribution >= 0.6 is 22.6 Å². The van der Waals surface area contributed by atoms with Crippen molar-refractivity contribution in [1.29, 1.82) is 0 Å². The van der Waals surface area contributed by atoms with Gasteiger partial charge in [-0.3, -0.25) is 4.79 Å². The van der Waals surface area contributed by atoms with E-state index in [1.54, 1.807) is 0 Å². The molecule has 4 heteroatoms. The largest absolute Gasteiger partial charge is 0.469 e. The van der Waals surface area contributed by atoms with Crippen molar-refractivity contribution in [3.05, 3.63) is 33.4 Å². The number of halogens is 1. The van der Waals surface area contributed by atoms with Crippen LogP contribution in [0.3, 0.4) is 0 Å². The van der Waals surface area contributed by atoms with Gasteiger partial charge in [-0.05, 0) is 59.5 Å². The van der Waals surface area contributed by atoms with E-state index in [2.05, 4.69) is 52.2 Å². The Hall–Kier alpha value is -0.620. The van der Waals surface area contributed by atoms with Crippen molar-refractivity contribution in [2.75, 3.05) is 7.11 Å². The van der Waals surface area contributed by atoms with Gasteiger partial charge in [0.2, 0.25) is 0 Å². The summed E-state index contributed by atoms with van der Waals surface area (Å²) in [5.74, 6) is 0.188. The second-order valence-electron chi connectivity index (χ2n) is 5.49. The summed E-state index contributed by atoms with van der Waals surface area (Å²) >= 11 is 2.31. The molecule has 0 amide bonds. The minimum atomic E-state index is -0.0681. The van der Waals surface area contributed by atoms with Crippen molar-refractivity contribution in [3.63, 3.8) is 0 Å². The van der Waals surface area contributed by atoms with Gasteiger partial charge in [0.15, 0.2) is 0 Å². The molecule has 1 aromatic rings. The summed E-state index contributed by atoms with van der Waals surface area (Å²) in [6.45, 7) is 0. The van der Waals surface area contributed by atoms with E-state index >= 15 is 0 Å². The van der Waals surface area contributed by atoms with Gasteiger partial charge in [0.1, 0.15) is 0 Å². The van der Waals surface area contributed by atoms with Crippen LogP contribution in [0.5, 0.6) is 0 Å². The minimum absolute atomic E-state index is 0.0381. The number of benzene rings is 1. The number of hydrogen-bond donors (Lipinski definition) is 1. The Bertz CT molecular complexity index is 474. The van der Waals surface area contributed by atoms with Gasteiger partial charge in [0.25, 0.3) is 0 Å². The van der Waals surface area contributed by atoms with E-state index in [-0.39, 0.29) is 17.9 Å². The Balaban J connectivity index is 1.92. The van der Waals surface area contributed by atoms with E-state index in [4.69, 9.17) is 4.74 Å². The number of carbonyl (C=O) groups excluding carboxylic acids is 1. The van der Waals surface area contributed by atoms with Gasteiger partial charge in [0.05, 0.1) is 13.0 Å². The van der Waals surface area contributed by atoms with Gasteiger partial charge in [-0.25, -0.2) is 0 Å². The highest BCUT2D eigenvalue weighted by atomic mass is 127. The number of methoxy groups -OCH3 is 1. The SMILES string of the molecule is COC(=O)C1C2CC[C@H](C[C@@H]1c1ccc(I)cc1)N2. The van der Waals surface area contributed by atoms with Gasteiger partial charge >= 0.3 is 5.97 Å². The summed E-state index contributed by atoms with van der Waals surface area (Å²) in [6.07, 6.45) is 3.31. The first-order chi connectivity index (χ1) is 9.19. The second-order valence-corrected chi connectivity index (χ2v) is 6.74. The number of esters is 1. The quantitative estimate of drug-likeness (QED) is 0.642. The topological polar surface area (TPSA) is 38.3 Å². The summed E-state index contributed by atoms with van der Waals surface area (Å²) in [6, 6.07) is 9.41. The maximum Gasteiger partial charge on any atom is 0.310 e. The molecule has 2 unspecified atom stereocenters. The Labute approximate surface area is 127 Å². The normalized spacial score (nSPS) is 33.2. The van der Waals surface area contributed by atoms with E-state index in [9.17, 15) is 4.79 Å². The molecule has 19 heavy (non-hydrogen) atoms. The molecule has 0 aliphatic carbocycles. The highest BCUT2D eigenvalue weighted by Crippen LogP contribution is 2.42. The fraction of sp³-hybridized carbons (Fsp3) is 0.533. The summed E-state index contributed by atoms with van der Waals surface area (Å²) in [5.41, 5.74) is 1.27. The van der Waals surface area contributed by atoms with Crippen LogP contribution in [0, 0.1) is 9.49 Å². The van der Waals surface area contributed by atoms with E-state index < -0.39 is 0 Å². The third-order valence-corrected chi connectivity index (χ3v) is 5.17. The van der Waals surface area contributed by atoms with E-state index in [1.807, 2.05) is 0 Å². The maximum absolute atomic E-state index is 12.1. The maximum atomic E-state index is 12.1. The summed E-state index contributed by atoms with van der Waals surface area (Å²) in [7, 11) is 1.49. The van der Waals surface area contributed by atoms with Crippen molar-refractivity contribution in [2.45, 2.75) is 37.3 Å². The highest BCUT2D eigenvalue weighted by molar-refractivity contribution is 14.1. The predicted molar refractivity (Wildman–Crippen MR) is 82.0 cm³/mol. The zero-order valence-electron chi connectivity index (χ0n) is 10.9. The fourth-order valence-corrected chi connectivity index (χ4v) is 3.93. The molecule has 2 bridgehead atoms. The number of hydrogen-bond acceptors (Lipinski definition) is 3.